The molecule has 0 radical (unpaired) electrons. The van der Waals surface area contributed by atoms with E-state index in [0.717, 1.165) is 12.8 Å². The molecule has 4 saturated heterocycles. The fourth-order valence-electron chi connectivity index (χ4n) is 15.1. The number of H-pyrrole nitrogens is 3. The average Bonchev–Trinajstić information content (AvgIpc) is 1.62. The number of methoxy groups -OCH3 is 4. The Hall–Kier alpha value is -6.79. The molecule has 4 fully saturated rings. The smallest absolute Gasteiger partial charge is 0.383 e. The van der Waals surface area contributed by atoms with Gasteiger partial charge in [0.15, 0.2) is 58.4 Å². The molecule has 130 heavy (non-hydrogen) atoms. The molecule has 11 heterocycles. The summed E-state index contributed by atoms with van der Waals surface area (Å²) in [5, 5.41) is 0. The second-order valence-corrected chi connectivity index (χ2v) is 45.4. The Morgan fingerprint density at radius 2 is 0.677 bits per heavy atom. The standard InChI is InChI=1S/C21H36N5O8P.C21H36N5O7PS.C21H35N5O5.C21H37N3O5/c1-20(2,3)10-12-14(33-35(28,29)34-21(4,5)6)15(31-9-8-30-7)18(32-12)26-11-23-13-16(26)24-19(22)25-17(13)27;1-20(2,3)10-12-14(32-34(28,35)33-21(4,5)6)15(30-9-8-29-7)18(31-12)26-11-23-13-16(26)24-19(22)25-17(13)27;1-20(2,3)10-12-14(31-21(4,5)6)15(29-9-8-28-7)18(30-12)26-11-23-13-16(26)24-19(22)25-17(13)27;1-13-12-24(19(25)23-17(13)22)18-16(27-10-9-26-8)15(29-21(5,6)7)14(28-18)11-20(2,3)4/h11-12,14-15,18H,8-10H2,1-7H3,(H,28,29)(H3,22,24,25,27);11-12,14-15,18H,8-10H2,1-7H3,(H,28,35)(H3,22,24,25,27);11-12,14-15,18H,8-10H2,1-7H3,(H3,22,24,25,27);12,14-16,18H,9-11H2,1-8H3,(H2,22,23,25)/t12-,14?,15+,18-;12-,14?,15+,18-,34?;12-,14?,15+,18-;14-,15?,16+,18-/m1111/s1. The molecule has 4 aliphatic rings. The van der Waals surface area contributed by atoms with E-state index in [4.69, 9.17) is 119 Å². The van der Waals surface area contributed by atoms with Gasteiger partial charge in [0, 0.05) is 40.2 Å². The van der Waals surface area contributed by atoms with Gasteiger partial charge in [-0.3, -0.25) is 61.2 Å². The van der Waals surface area contributed by atoms with Crippen molar-refractivity contribution in [3.63, 3.8) is 0 Å². The van der Waals surface area contributed by atoms with Gasteiger partial charge in [0.25, 0.3) is 16.7 Å². The highest BCUT2D eigenvalue weighted by molar-refractivity contribution is 8.07. The average molecular weight is 1900 g/mol. The molecular formula is C84H144N18O25P2S. The Labute approximate surface area is 764 Å². The molecule has 43 nitrogen and oxygen atoms in total. The van der Waals surface area contributed by atoms with Crippen molar-refractivity contribution >= 4 is 83.5 Å². The number of hydrogen-bond acceptors (Lipinski definition) is 35. The maximum Gasteiger partial charge on any atom is 0.473 e. The summed E-state index contributed by atoms with van der Waals surface area (Å²) in [5.41, 5.74) is 20.3. The van der Waals surface area contributed by atoms with Gasteiger partial charge in [-0.1, -0.05) is 83.1 Å². The molecule has 0 spiro atoms. The van der Waals surface area contributed by atoms with Crippen LogP contribution in [0.2, 0.25) is 0 Å². The summed E-state index contributed by atoms with van der Waals surface area (Å²) in [5.74, 6) is 0.0943. The predicted octanol–water partition coefficient (Wildman–Crippen LogP) is 9.79. The Balaban J connectivity index is 0.000000215. The fraction of sp³-hybridized carbons (Fsp3) is 0.774. The van der Waals surface area contributed by atoms with Crippen LogP contribution in [0.3, 0.4) is 0 Å². The van der Waals surface area contributed by atoms with Gasteiger partial charge in [-0.15, -0.1) is 0 Å². The number of rotatable bonds is 32. The van der Waals surface area contributed by atoms with E-state index in [9.17, 15) is 33.5 Å². The summed E-state index contributed by atoms with van der Waals surface area (Å²) >= 11 is 5.35. The lowest BCUT2D eigenvalue weighted by Gasteiger charge is -2.33. The highest BCUT2D eigenvalue weighted by Crippen LogP contribution is 2.55. The number of nitrogen functional groups attached to an aromatic ring is 4. The molecule has 0 aliphatic carbocycles. The molecule has 18 atom stereocenters. The number of fused-ring (bicyclic) bond motifs is 3. The van der Waals surface area contributed by atoms with Crippen molar-refractivity contribution < 1.29 is 98.8 Å². The number of aromatic nitrogens is 14. The molecule has 13 N–H and O–H groups in total. The highest BCUT2D eigenvalue weighted by atomic mass is 32.5. The third kappa shape index (κ3) is 31.4. The lowest BCUT2D eigenvalue weighted by Crippen LogP contribution is -2.44. The molecule has 0 saturated carbocycles. The fourth-order valence-corrected chi connectivity index (χ4v) is 18.7. The van der Waals surface area contributed by atoms with Gasteiger partial charge in [0.2, 0.25) is 17.8 Å². The molecule has 0 aromatic carbocycles. The molecule has 11 rings (SSSR count). The number of nitrogens with zero attached hydrogens (tertiary/aromatic N) is 11. The normalized spacial score (nSPS) is 25.2. The molecule has 4 aliphatic heterocycles. The van der Waals surface area contributed by atoms with Crippen molar-refractivity contribution in [2.24, 2.45) is 21.7 Å². The van der Waals surface area contributed by atoms with E-state index >= 15 is 0 Å². The topological polar surface area (TPSA) is 553 Å². The van der Waals surface area contributed by atoms with Crippen LogP contribution >= 0.6 is 14.5 Å². The zero-order valence-electron chi connectivity index (χ0n) is 80.8. The minimum atomic E-state index is -4.52. The first-order chi connectivity index (χ1) is 59.9. The summed E-state index contributed by atoms with van der Waals surface area (Å²) in [6.45, 7) is 48.2. The van der Waals surface area contributed by atoms with Crippen LogP contribution in [-0.4, -0.2) is 255 Å². The quantitative estimate of drug-likeness (QED) is 0.0140. The minimum Gasteiger partial charge on any atom is -0.383 e. The Bertz CT molecular complexity index is 5010. The molecule has 736 valence electrons. The van der Waals surface area contributed by atoms with Crippen molar-refractivity contribution in [2.45, 2.75) is 319 Å². The molecule has 7 aromatic rings. The first-order valence-electron chi connectivity index (χ1n) is 43.3. The van der Waals surface area contributed by atoms with Crippen LogP contribution in [0.15, 0.2) is 44.4 Å². The van der Waals surface area contributed by atoms with Crippen LogP contribution in [0.5, 0.6) is 0 Å². The number of anilines is 4. The summed E-state index contributed by atoms with van der Waals surface area (Å²) in [4.78, 5) is 108. The summed E-state index contributed by atoms with van der Waals surface area (Å²) in [6, 6.07) is 0. The number of imidazole rings is 3. The summed E-state index contributed by atoms with van der Waals surface area (Å²) < 4.78 is 126. The van der Waals surface area contributed by atoms with Crippen LogP contribution in [-0.2, 0) is 101 Å². The highest BCUT2D eigenvalue weighted by Gasteiger charge is 2.56. The number of nitrogens with two attached hydrogens (primary N) is 4. The molecule has 6 unspecified atom stereocenters. The van der Waals surface area contributed by atoms with Gasteiger partial charge < -0.3 is 104 Å². The van der Waals surface area contributed by atoms with E-state index in [1.54, 1.807) is 78.2 Å². The van der Waals surface area contributed by atoms with Crippen LogP contribution in [0.4, 0.5) is 23.7 Å². The Morgan fingerprint density at radius 1 is 0.400 bits per heavy atom. The van der Waals surface area contributed by atoms with Crippen LogP contribution in [0.25, 0.3) is 33.5 Å². The molecule has 46 heteroatoms. The lowest BCUT2D eigenvalue weighted by atomic mass is 9.87. The number of ether oxygens (including phenoxy) is 14. The van der Waals surface area contributed by atoms with Crippen molar-refractivity contribution in [1.82, 2.24) is 68.1 Å². The largest absolute Gasteiger partial charge is 0.473 e. The minimum absolute atomic E-state index is 0.00691. The van der Waals surface area contributed by atoms with Gasteiger partial charge in [0.05, 0.1) is 119 Å². The predicted molar refractivity (Wildman–Crippen MR) is 491 cm³/mol. The number of aromatic amines is 3. The molecule has 7 aromatic heterocycles. The van der Waals surface area contributed by atoms with E-state index in [1.807, 2.05) is 69.2 Å². The van der Waals surface area contributed by atoms with Crippen LogP contribution < -0.4 is 45.3 Å². The number of phosphoric acid groups is 1. The Morgan fingerprint density at radius 3 is 0.954 bits per heavy atom. The summed E-state index contributed by atoms with van der Waals surface area (Å²) in [6.07, 6.45) is -1.04. The zero-order chi connectivity index (χ0) is 97.3. The van der Waals surface area contributed by atoms with Gasteiger partial charge in [0.1, 0.15) is 54.6 Å². The van der Waals surface area contributed by atoms with E-state index in [1.165, 1.54) is 35.2 Å². The first kappa shape index (κ1) is 109. The van der Waals surface area contributed by atoms with Crippen molar-refractivity contribution in [2.75, 3.05) is 104 Å². The van der Waals surface area contributed by atoms with Crippen molar-refractivity contribution in [1.29, 1.82) is 0 Å². The van der Waals surface area contributed by atoms with Crippen LogP contribution in [0, 0.1) is 28.6 Å². The monoisotopic (exact) mass is 1900 g/mol. The number of phosphoric ester groups is 1. The van der Waals surface area contributed by atoms with E-state index < -0.39 is 133 Å². The first-order valence-corrected chi connectivity index (χ1v) is 47.4. The van der Waals surface area contributed by atoms with Gasteiger partial charge >= 0.3 is 20.2 Å². The molecule has 0 amide bonds. The summed E-state index contributed by atoms with van der Waals surface area (Å²) in [7, 11) is 1.83. The van der Waals surface area contributed by atoms with Gasteiger partial charge in [-0.05, 0) is 149 Å². The van der Waals surface area contributed by atoms with Gasteiger partial charge in [-0.25, -0.2) is 24.3 Å². The number of hydrogen-bond donors (Lipinski definition) is 9. The third-order valence-corrected chi connectivity index (χ3v) is 22.7. The lowest BCUT2D eigenvalue weighted by molar-refractivity contribution is -0.134. The van der Waals surface area contributed by atoms with E-state index in [0.29, 0.717) is 57.1 Å². The molecular weight excluding hydrogens is 1760 g/mol. The van der Waals surface area contributed by atoms with E-state index in [2.05, 4.69) is 112 Å². The number of aryl methyl sites for hydroxylation is 1. The number of nitrogens with one attached hydrogen (secondary N) is 3. The SMILES string of the molecule is COCCO[C@H]1C(OC(C)(C)C)[C@@H](CC(C)(C)C)O[C@H]1n1cc(C)c(N)nc1=O.COCCO[C@H]1C(OC(C)(C)C)[C@@H](CC(C)(C)C)O[C@H]1n1cnc2c(=O)[nH]c(N)nc21.COCCO[C@H]1C(OP(=O)(O)OC(C)(C)C)[C@@H](CC(C)(C)C)O[C@H]1n1cnc2c(=O)[nH]c(N)nc21.COCCO[C@H]1C(OP(O)(=S)OC(C)(C)C)[C@@H](CC(C)(C)C)O[C@H]1n1cnc2c(=O)[nH]c(N)nc21. The maximum atomic E-state index is 12.9. The van der Waals surface area contributed by atoms with Crippen molar-refractivity contribution in [3.8, 4) is 0 Å². The third-order valence-electron chi connectivity index (χ3n) is 19.7. The maximum absolute atomic E-state index is 12.9. The van der Waals surface area contributed by atoms with Crippen LogP contribution in [0.1, 0.15) is 222 Å². The van der Waals surface area contributed by atoms with Gasteiger partial charge in [-0.2, -0.15) is 19.9 Å². The second-order valence-electron chi connectivity index (χ2n) is 41.3. The Kier molecular flexibility index (Phi) is 36.7. The molecule has 0 bridgehead atoms. The van der Waals surface area contributed by atoms with Crippen molar-refractivity contribution in [3.05, 3.63) is 72.3 Å². The van der Waals surface area contributed by atoms with E-state index in [-0.39, 0.29) is 117 Å². The second kappa shape index (κ2) is 43.9. The zero-order valence-corrected chi connectivity index (χ0v) is 83.5.